The normalized spacial score (nSPS) is 21.7. The number of hydrogen-bond acceptors (Lipinski definition) is 1. The van der Waals surface area contributed by atoms with Crippen molar-refractivity contribution in [3.63, 3.8) is 0 Å². The maximum Gasteiger partial charge on any atom is 0.0361 e. The van der Waals surface area contributed by atoms with E-state index >= 15 is 0 Å². The number of nitrogens with zero attached hydrogens (tertiary/aromatic N) is 1. The molecule has 3 rings (SSSR count). The minimum absolute atomic E-state index is 0.726. The molecule has 1 saturated carbocycles. The lowest BCUT2D eigenvalue weighted by Gasteiger charge is -2.12. The van der Waals surface area contributed by atoms with Crippen LogP contribution in [0.3, 0.4) is 0 Å². The SMILES string of the molecule is CN(C)c1ccc([C@H]2C[C@@H]2c2ccccc2)cc1. The topological polar surface area (TPSA) is 3.24 Å². The Kier molecular flexibility index (Phi) is 2.83. The van der Waals surface area contributed by atoms with Crippen molar-refractivity contribution in [1.82, 2.24) is 0 Å². The van der Waals surface area contributed by atoms with Gasteiger partial charge in [-0.15, -0.1) is 0 Å². The lowest BCUT2D eigenvalue weighted by molar-refractivity contribution is 1.02. The molecular formula is C17H19N. The Labute approximate surface area is 109 Å². The molecule has 1 aliphatic carbocycles. The fraction of sp³-hybridized carbons (Fsp3) is 0.294. The van der Waals surface area contributed by atoms with Crippen LogP contribution in [0.5, 0.6) is 0 Å². The number of benzene rings is 2. The van der Waals surface area contributed by atoms with Crippen LogP contribution in [0.1, 0.15) is 29.4 Å². The molecule has 1 fully saturated rings. The van der Waals surface area contributed by atoms with Crippen molar-refractivity contribution in [3.8, 4) is 0 Å². The highest BCUT2D eigenvalue weighted by atomic mass is 15.1. The summed E-state index contributed by atoms with van der Waals surface area (Å²) in [5.74, 6) is 1.46. The molecule has 2 atom stereocenters. The molecular weight excluding hydrogens is 218 g/mol. The third kappa shape index (κ3) is 2.13. The predicted molar refractivity (Wildman–Crippen MR) is 77.3 cm³/mol. The Bertz CT molecular complexity index is 513. The molecule has 0 saturated heterocycles. The van der Waals surface area contributed by atoms with Crippen molar-refractivity contribution >= 4 is 5.69 Å². The third-order valence-electron chi connectivity index (χ3n) is 3.86. The highest BCUT2D eigenvalue weighted by Gasteiger charge is 2.39. The van der Waals surface area contributed by atoms with E-state index in [4.69, 9.17) is 0 Å². The summed E-state index contributed by atoms with van der Waals surface area (Å²) in [6.07, 6.45) is 1.30. The second-order valence-electron chi connectivity index (χ2n) is 5.35. The number of rotatable bonds is 3. The minimum Gasteiger partial charge on any atom is -0.378 e. The summed E-state index contributed by atoms with van der Waals surface area (Å²) in [5.41, 5.74) is 4.24. The second kappa shape index (κ2) is 4.49. The van der Waals surface area contributed by atoms with Gasteiger partial charge in [-0.3, -0.25) is 0 Å². The molecule has 0 bridgehead atoms. The van der Waals surface area contributed by atoms with Crippen molar-refractivity contribution in [1.29, 1.82) is 0 Å². The molecule has 92 valence electrons. The lowest BCUT2D eigenvalue weighted by atomic mass is 10.0. The molecule has 2 aromatic rings. The quantitative estimate of drug-likeness (QED) is 0.779. The van der Waals surface area contributed by atoms with Gasteiger partial charge in [0.2, 0.25) is 0 Å². The molecule has 1 aliphatic rings. The van der Waals surface area contributed by atoms with Crippen molar-refractivity contribution in [3.05, 3.63) is 65.7 Å². The Morgan fingerprint density at radius 1 is 0.778 bits per heavy atom. The van der Waals surface area contributed by atoms with E-state index < -0.39 is 0 Å². The molecule has 0 N–H and O–H groups in total. The first-order valence-electron chi connectivity index (χ1n) is 6.58. The summed E-state index contributed by atoms with van der Waals surface area (Å²) in [6.45, 7) is 0. The fourth-order valence-electron chi connectivity index (χ4n) is 2.65. The van der Waals surface area contributed by atoms with E-state index in [-0.39, 0.29) is 0 Å². The van der Waals surface area contributed by atoms with Crippen LogP contribution in [0, 0.1) is 0 Å². The molecule has 0 aliphatic heterocycles. The van der Waals surface area contributed by atoms with E-state index in [2.05, 4.69) is 73.6 Å². The van der Waals surface area contributed by atoms with Crippen LogP contribution in [0.25, 0.3) is 0 Å². The van der Waals surface area contributed by atoms with Gasteiger partial charge in [0, 0.05) is 19.8 Å². The molecule has 0 aromatic heterocycles. The summed E-state index contributed by atoms with van der Waals surface area (Å²) < 4.78 is 0. The Balaban J connectivity index is 1.75. The van der Waals surface area contributed by atoms with Crippen molar-refractivity contribution in [2.75, 3.05) is 19.0 Å². The number of anilines is 1. The van der Waals surface area contributed by atoms with Gasteiger partial charge >= 0.3 is 0 Å². The second-order valence-corrected chi connectivity index (χ2v) is 5.35. The summed E-state index contributed by atoms with van der Waals surface area (Å²) in [5, 5.41) is 0. The standard InChI is InChI=1S/C17H19N/c1-18(2)15-10-8-14(9-11-15)17-12-16(17)13-6-4-3-5-7-13/h3-11,16-17H,12H2,1-2H3/t16-,17-/m1/s1. The first kappa shape index (κ1) is 11.3. The van der Waals surface area contributed by atoms with Gasteiger partial charge in [0.25, 0.3) is 0 Å². The van der Waals surface area contributed by atoms with Gasteiger partial charge in [0.15, 0.2) is 0 Å². The van der Waals surface area contributed by atoms with Crippen LogP contribution in [0.2, 0.25) is 0 Å². The highest BCUT2D eigenvalue weighted by Crippen LogP contribution is 2.54. The van der Waals surface area contributed by atoms with Crippen LogP contribution in [-0.2, 0) is 0 Å². The van der Waals surface area contributed by atoms with Crippen molar-refractivity contribution < 1.29 is 0 Å². The lowest BCUT2D eigenvalue weighted by Crippen LogP contribution is -2.08. The molecule has 0 spiro atoms. The van der Waals surface area contributed by atoms with E-state index in [0.29, 0.717) is 0 Å². The van der Waals surface area contributed by atoms with Crippen molar-refractivity contribution in [2.45, 2.75) is 18.3 Å². The first-order chi connectivity index (χ1) is 8.75. The van der Waals surface area contributed by atoms with Crippen LogP contribution in [-0.4, -0.2) is 14.1 Å². The van der Waals surface area contributed by atoms with Gasteiger partial charge in [-0.1, -0.05) is 42.5 Å². The minimum atomic E-state index is 0.726. The van der Waals surface area contributed by atoms with Gasteiger partial charge < -0.3 is 4.90 Å². The summed E-state index contributed by atoms with van der Waals surface area (Å²) in [4.78, 5) is 2.14. The van der Waals surface area contributed by atoms with Gasteiger partial charge in [0.1, 0.15) is 0 Å². The zero-order valence-electron chi connectivity index (χ0n) is 11.0. The van der Waals surface area contributed by atoms with Crippen LogP contribution < -0.4 is 4.90 Å². The Morgan fingerprint density at radius 2 is 1.33 bits per heavy atom. The maximum atomic E-state index is 2.28. The van der Waals surface area contributed by atoms with E-state index in [0.717, 1.165) is 11.8 Å². The van der Waals surface area contributed by atoms with Crippen molar-refractivity contribution in [2.24, 2.45) is 0 Å². The largest absolute Gasteiger partial charge is 0.378 e. The monoisotopic (exact) mass is 237 g/mol. The van der Waals surface area contributed by atoms with Gasteiger partial charge in [-0.05, 0) is 41.5 Å². The summed E-state index contributed by atoms with van der Waals surface area (Å²) in [7, 11) is 4.16. The molecule has 18 heavy (non-hydrogen) atoms. The smallest absolute Gasteiger partial charge is 0.0361 e. The molecule has 2 aromatic carbocycles. The van der Waals surface area contributed by atoms with Crippen LogP contribution in [0.4, 0.5) is 5.69 Å². The summed E-state index contributed by atoms with van der Waals surface area (Å²) in [6, 6.07) is 19.9. The molecule has 0 heterocycles. The summed E-state index contributed by atoms with van der Waals surface area (Å²) >= 11 is 0. The Morgan fingerprint density at radius 3 is 1.89 bits per heavy atom. The fourth-order valence-corrected chi connectivity index (χ4v) is 2.65. The predicted octanol–water partition coefficient (Wildman–Crippen LogP) is 4.02. The molecule has 1 heteroatoms. The molecule has 1 nitrogen and oxygen atoms in total. The van der Waals surface area contributed by atoms with E-state index in [9.17, 15) is 0 Å². The van der Waals surface area contributed by atoms with E-state index in [1.54, 1.807) is 0 Å². The first-order valence-corrected chi connectivity index (χ1v) is 6.58. The van der Waals surface area contributed by atoms with E-state index in [1.807, 2.05) is 0 Å². The zero-order chi connectivity index (χ0) is 12.5. The van der Waals surface area contributed by atoms with Gasteiger partial charge in [0.05, 0.1) is 0 Å². The molecule has 0 unspecified atom stereocenters. The van der Waals surface area contributed by atoms with Crippen LogP contribution in [0.15, 0.2) is 54.6 Å². The van der Waals surface area contributed by atoms with Gasteiger partial charge in [-0.2, -0.15) is 0 Å². The van der Waals surface area contributed by atoms with Gasteiger partial charge in [-0.25, -0.2) is 0 Å². The third-order valence-corrected chi connectivity index (χ3v) is 3.86. The number of hydrogen-bond donors (Lipinski definition) is 0. The average molecular weight is 237 g/mol. The highest BCUT2D eigenvalue weighted by molar-refractivity contribution is 5.48. The average Bonchev–Trinajstić information content (AvgIpc) is 3.20. The van der Waals surface area contributed by atoms with Crippen LogP contribution >= 0.6 is 0 Å². The molecule has 0 radical (unpaired) electrons. The zero-order valence-corrected chi connectivity index (χ0v) is 11.0. The van der Waals surface area contributed by atoms with E-state index in [1.165, 1.54) is 23.2 Å². The Hall–Kier alpha value is -1.76. The maximum absolute atomic E-state index is 2.28. The molecule has 0 amide bonds.